The van der Waals surface area contributed by atoms with E-state index >= 15 is 0 Å². The predicted octanol–water partition coefficient (Wildman–Crippen LogP) is 2.98. The molecule has 1 amide bonds. The smallest absolute Gasteiger partial charge is 0.273 e. The van der Waals surface area contributed by atoms with Crippen molar-refractivity contribution in [1.82, 2.24) is 20.2 Å². The second kappa shape index (κ2) is 9.80. The van der Waals surface area contributed by atoms with Gasteiger partial charge in [-0.2, -0.15) is 0 Å². The minimum Gasteiger partial charge on any atom is -0.495 e. The number of rotatable bonds is 7. The van der Waals surface area contributed by atoms with E-state index in [1.807, 2.05) is 30.3 Å². The number of hydrogen-bond acceptors (Lipinski definition) is 7. The van der Waals surface area contributed by atoms with E-state index in [2.05, 4.69) is 25.1 Å². The summed E-state index contributed by atoms with van der Waals surface area (Å²) in [5.41, 5.74) is 2.26. The Balaban J connectivity index is 1.29. The molecular formula is C22H24ClN5O3. The predicted molar refractivity (Wildman–Crippen MR) is 117 cm³/mol. The number of amides is 1. The summed E-state index contributed by atoms with van der Waals surface area (Å²) in [6.45, 7) is 4.30. The molecule has 0 radical (unpaired) electrons. The molecule has 162 valence electrons. The Morgan fingerprint density at radius 1 is 1.19 bits per heavy atom. The maximum absolute atomic E-state index is 12.3. The van der Waals surface area contributed by atoms with Crippen LogP contribution in [0.4, 0.5) is 5.69 Å². The molecule has 2 aromatic heterocycles. The Morgan fingerprint density at radius 2 is 1.97 bits per heavy atom. The van der Waals surface area contributed by atoms with Crippen LogP contribution in [0.3, 0.4) is 0 Å². The Hall–Kier alpha value is -3.10. The van der Waals surface area contributed by atoms with Crippen LogP contribution in [0.2, 0.25) is 5.02 Å². The zero-order valence-electron chi connectivity index (χ0n) is 17.3. The standard InChI is InChI=1S/C22H24ClN5O3/c1-30-20-3-2-17(23)12-19(20)28-10-8-27(9-11-28)14-21-26-18(15-31-21)22(29)25-13-16-4-6-24-7-5-16/h2-7,12,15H,8-11,13-14H2,1H3,(H,25,29). The molecule has 1 fully saturated rings. The third-order valence-corrected chi connectivity index (χ3v) is 5.43. The van der Waals surface area contributed by atoms with Gasteiger partial charge in [-0.15, -0.1) is 0 Å². The van der Waals surface area contributed by atoms with Crippen molar-refractivity contribution in [3.63, 3.8) is 0 Å². The number of ether oxygens (including phenoxy) is 1. The Labute approximate surface area is 185 Å². The van der Waals surface area contributed by atoms with Gasteiger partial charge in [0.15, 0.2) is 5.69 Å². The summed E-state index contributed by atoms with van der Waals surface area (Å²) in [6, 6.07) is 9.35. The summed E-state index contributed by atoms with van der Waals surface area (Å²) in [7, 11) is 1.66. The van der Waals surface area contributed by atoms with Gasteiger partial charge >= 0.3 is 0 Å². The highest BCUT2D eigenvalue weighted by molar-refractivity contribution is 6.30. The quantitative estimate of drug-likeness (QED) is 0.603. The molecule has 0 atom stereocenters. The van der Waals surface area contributed by atoms with Crippen LogP contribution in [-0.2, 0) is 13.1 Å². The Morgan fingerprint density at radius 3 is 2.71 bits per heavy atom. The summed E-state index contributed by atoms with van der Waals surface area (Å²) in [5, 5.41) is 3.53. The fraction of sp³-hybridized carbons (Fsp3) is 0.318. The van der Waals surface area contributed by atoms with Crippen molar-refractivity contribution in [2.75, 3.05) is 38.2 Å². The molecule has 4 rings (SSSR count). The highest BCUT2D eigenvalue weighted by Crippen LogP contribution is 2.32. The number of aromatic nitrogens is 2. The summed E-state index contributed by atoms with van der Waals surface area (Å²) >= 11 is 6.17. The summed E-state index contributed by atoms with van der Waals surface area (Å²) in [5.74, 6) is 1.08. The number of halogens is 1. The molecule has 0 spiro atoms. The monoisotopic (exact) mass is 441 g/mol. The molecule has 1 N–H and O–H groups in total. The summed E-state index contributed by atoms with van der Waals surface area (Å²) in [4.78, 5) is 25.1. The molecule has 1 aromatic carbocycles. The van der Waals surface area contributed by atoms with Crippen molar-refractivity contribution in [3.05, 3.63) is 71.2 Å². The van der Waals surface area contributed by atoms with E-state index in [9.17, 15) is 4.79 Å². The number of carbonyl (C=O) groups is 1. The van der Waals surface area contributed by atoms with Crippen molar-refractivity contribution < 1.29 is 13.9 Å². The van der Waals surface area contributed by atoms with Crippen LogP contribution in [0.15, 0.2) is 53.4 Å². The third-order valence-electron chi connectivity index (χ3n) is 5.20. The van der Waals surface area contributed by atoms with Crippen molar-refractivity contribution in [1.29, 1.82) is 0 Å². The van der Waals surface area contributed by atoms with Gasteiger partial charge in [0.1, 0.15) is 12.0 Å². The normalized spacial score (nSPS) is 14.5. The van der Waals surface area contributed by atoms with Crippen molar-refractivity contribution in [2.24, 2.45) is 0 Å². The van der Waals surface area contributed by atoms with Crippen LogP contribution < -0.4 is 15.0 Å². The first kappa shape index (κ1) is 21.1. The van der Waals surface area contributed by atoms with Gasteiger partial charge in [-0.1, -0.05) is 11.6 Å². The molecule has 9 heteroatoms. The number of methoxy groups -OCH3 is 1. The molecule has 0 unspecified atom stereocenters. The highest BCUT2D eigenvalue weighted by Gasteiger charge is 2.22. The minimum absolute atomic E-state index is 0.260. The summed E-state index contributed by atoms with van der Waals surface area (Å²) in [6.07, 6.45) is 4.79. The van der Waals surface area contributed by atoms with E-state index in [0.717, 1.165) is 43.2 Å². The molecule has 8 nitrogen and oxygen atoms in total. The molecule has 0 saturated carbocycles. The van der Waals surface area contributed by atoms with Crippen LogP contribution >= 0.6 is 11.6 Å². The van der Waals surface area contributed by atoms with Crippen LogP contribution in [0, 0.1) is 0 Å². The van der Waals surface area contributed by atoms with Gasteiger partial charge < -0.3 is 19.4 Å². The van der Waals surface area contributed by atoms with Gasteiger partial charge in [0.2, 0.25) is 5.89 Å². The average molecular weight is 442 g/mol. The lowest BCUT2D eigenvalue weighted by Gasteiger charge is -2.36. The zero-order valence-corrected chi connectivity index (χ0v) is 18.0. The largest absolute Gasteiger partial charge is 0.495 e. The number of nitrogens with one attached hydrogen (secondary N) is 1. The van der Waals surface area contributed by atoms with E-state index < -0.39 is 0 Å². The van der Waals surface area contributed by atoms with E-state index in [1.54, 1.807) is 19.5 Å². The van der Waals surface area contributed by atoms with Crippen molar-refractivity contribution in [2.45, 2.75) is 13.1 Å². The van der Waals surface area contributed by atoms with Crippen LogP contribution in [0.25, 0.3) is 0 Å². The number of hydrogen-bond donors (Lipinski definition) is 1. The second-order valence-electron chi connectivity index (χ2n) is 7.24. The van der Waals surface area contributed by atoms with Crippen LogP contribution in [0.1, 0.15) is 21.9 Å². The number of pyridine rings is 1. The highest BCUT2D eigenvalue weighted by atomic mass is 35.5. The molecule has 31 heavy (non-hydrogen) atoms. The van der Waals surface area contributed by atoms with E-state index in [1.165, 1.54) is 6.26 Å². The maximum Gasteiger partial charge on any atom is 0.273 e. The average Bonchev–Trinajstić information content (AvgIpc) is 3.27. The van der Waals surface area contributed by atoms with E-state index in [0.29, 0.717) is 24.0 Å². The molecular weight excluding hydrogens is 418 g/mol. The SMILES string of the molecule is COc1ccc(Cl)cc1N1CCN(Cc2nc(C(=O)NCc3ccncc3)co2)CC1. The van der Waals surface area contributed by atoms with Gasteiger partial charge in [0, 0.05) is 50.1 Å². The fourth-order valence-corrected chi connectivity index (χ4v) is 3.68. The van der Waals surface area contributed by atoms with Crippen LogP contribution in [0.5, 0.6) is 5.75 Å². The lowest BCUT2D eigenvalue weighted by Crippen LogP contribution is -2.46. The van der Waals surface area contributed by atoms with Gasteiger partial charge in [-0.3, -0.25) is 14.7 Å². The lowest BCUT2D eigenvalue weighted by atomic mass is 10.2. The molecule has 3 aromatic rings. The first-order valence-corrected chi connectivity index (χ1v) is 10.4. The fourth-order valence-electron chi connectivity index (χ4n) is 3.51. The number of carbonyl (C=O) groups excluding carboxylic acids is 1. The molecule has 0 bridgehead atoms. The molecule has 0 aliphatic carbocycles. The lowest BCUT2D eigenvalue weighted by molar-refractivity contribution is 0.0945. The van der Waals surface area contributed by atoms with Crippen molar-refractivity contribution >= 4 is 23.2 Å². The van der Waals surface area contributed by atoms with E-state index in [-0.39, 0.29) is 11.6 Å². The van der Waals surface area contributed by atoms with Gasteiger partial charge in [0.05, 0.1) is 19.3 Å². The number of anilines is 1. The Kier molecular flexibility index (Phi) is 6.69. The number of nitrogens with zero attached hydrogens (tertiary/aromatic N) is 4. The molecule has 3 heterocycles. The second-order valence-corrected chi connectivity index (χ2v) is 7.68. The molecule has 1 aliphatic rings. The molecule has 1 saturated heterocycles. The minimum atomic E-state index is -0.260. The first-order valence-electron chi connectivity index (χ1n) is 10.0. The number of piperazine rings is 1. The zero-order chi connectivity index (χ0) is 21.6. The molecule has 1 aliphatic heterocycles. The summed E-state index contributed by atoms with van der Waals surface area (Å²) < 4.78 is 11.0. The van der Waals surface area contributed by atoms with Gasteiger partial charge in [-0.05, 0) is 35.9 Å². The van der Waals surface area contributed by atoms with Gasteiger partial charge in [-0.25, -0.2) is 4.98 Å². The first-order chi connectivity index (χ1) is 15.1. The van der Waals surface area contributed by atoms with E-state index in [4.69, 9.17) is 20.8 Å². The number of benzene rings is 1. The van der Waals surface area contributed by atoms with Gasteiger partial charge in [0.25, 0.3) is 5.91 Å². The van der Waals surface area contributed by atoms with Crippen LogP contribution in [-0.4, -0.2) is 54.1 Å². The van der Waals surface area contributed by atoms with Crippen molar-refractivity contribution in [3.8, 4) is 5.75 Å². The Bertz CT molecular complexity index is 1020. The number of oxazole rings is 1. The third kappa shape index (κ3) is 5.34. The topological polar surface area (TPSA) is 83.7 Å². The maximum atomic E-state index is 12.3.